The molecule has 0 unspecified atom stereocenters. The van der Waals surface area contributed by atoms with Gasteiger partial charge in [0.1, 0.15) is 6.04 Å². The second kappa shape index (κ2) is 7.84. The van der Waals surface area contributed by atoms with Gasteiger partial charge in [-0.15, -0.1) is 0 Å². The summed E-state index contributed by atoms with van der Waals surface area (Å²) in [6.45, 7) is 5.08. The molecule has 0 N–H and O–H groups in total. The van der Waals surface area contributed by atoms with E-state index in [-0.39, 0.29) is 18.0 Å². The van der Waals surface area contributed by atoms with Crippen LogP contribution in [0, 0.1) is 6.92 Å². The Kier molecular flexibility index (Phi) is 5.73. The summed E-state index contributed by atoms with van der Waals surface area (Å²) >= 11 is 6.10. The number of likely N-dealkylation sites (N-methyl/N-ethyl adjacent to an activating group) is 1. The number of rotatable bonds is 4. The third kappa shape index (κ3) is 3.81. The minimum atomic E-state index is -0.493. The van der Waals surface area contributed by atoms with Crippen molar-refractivity contribution in [2.75, 3.05) is 33.8 Å². The van der Waals surface area contributed by atoms with E-state index in [1.165, 1.54) is 12.7 Å². The summed E-state index contributed by atoms with van der Waals surface area (Å²) in [6, 6.07) is 5.65. The molecule has 0 spiro atoms. The molecule has 3 rings (SSSR count). The number of carbonyl (C=O) groups is 2. The molecule has 26 heavy (non-hydrogen) atoms. The molecule has 2 heterocycles. The number of methoxy groups -OCH3 is 1. The van der Waals surface area contributed by atoms with Crippen molar-refractivity contribution in [3.8, 4) is 0 Å². The van der Waals surface area contributed by atoms with E-state index in [0.717, 1.165) is 43.1 Å². The van der Waals surface area contributed by atoms with E-state index in [1.807, 2.05) is 13.0 Å². The van der Waals surface area contributed by atoms with Crippen LogP contribution in [0.2, 0.25) is 5.02 Å². The maximum absolute atomic E-state index is 12.5. The van der Waals surface area contributed by atoms with Crippen LogP contribution in [-0.4, -0.2) is 72.6 Å². The molecule has 1 aromatic carbocycles. The van der Waals surface area contributed by atoms with Crippen LogP contribution in [-0.2, 0) is 16.1 Å². The van der Waals surface area contributed by atoms with Gasteiger partial charge in [0.15, 0.2) is 0 Å². The van der Waals surface area contributed by atoms with E-state index in [9.17, 15) is 9.59 Å². The number of nitrogens with zero attached hydrogens (tertiary/aromatic N) is 3. The topological polar surface area (TPSA) is 53.1 Å². The van der Waals surface area contributed by atoms with Gasteiger partial charge in [-0.1, -0.05) is 23.7 Å². The van der Waals surface area contributed by atoms with Gasteiger partial charge in [-0.2, -0.15) is 0 Å². The highest BCUT2D eigenvalue weighted by molar-refractivity contribution is 6.31. The number of amides is 2. The van der Waals surface area contributed by atoms with E-state index in [4.69, 9.17) is 16.3 Å². The molecule has 1 aromatic rings. The van der Waals surface area contributed by atoms with Crippen LogP contribution in [0.15, 0.2) is 18.2 Å². The zero-order valence-electron chi connectivity index (χ0n) is 15.6. The molecular formula is C19H26ClN3O3. The monoisotopic (exact) mass is 379 g/mol. The van der Waals surface area contributed by atoms with Crippen molar-refractivity contribution in [3.63, 3.8) is 0 Å². The van der Waals surface area contributed by atoms with Crippen molar-refractivity contribution in [1.29, 1.82) is 0 Å². The van der Waals surface area contributed by atoms with Crippen LogP contribution in [0.5, 0.6) is 0 Å². The van der Waals surface area contributed by atoms with Gasteiger partial charge in [0.2, 0.25) is 0 Å². The molecule has 0 aliphatic carbocycles. The molecule has 7 heteroatoms. The van der Waals surface area contributed by atoms with Crippen LogP contribution in [0.4, 0.5) is 4.79 Å². The minimum absolute atomic E-state index is 0.0767. The van der Waals surface area contributed by atoms with Crippen molar-refractivity contribution in [2.24, 2.45) is 0 Å². The Labute approximate surface area is 159 Å². The summed E-state index contributed by atoms with van der Waals surface area (Å²) in [5.74, 6) is -0.332. The van der Waals surface area contributed by atoms with Crippen molar-refractivity contribution in [2.45, 2.75) is 38.4 Å². The van der Waals surface area contributed by atoms with E-state index in [0.29, 0.717) is 6.54 Å². The van der Waals surface area contributed by atoms with Gasteiger partial charge in [-0.05, 0) is 37.0 Å². The smallest absolute Gasteiger partial charge is 0.330 e. The summed E-state index contributed by atoms with van der Waals surface area (Å²) in [4.78, 5) is 30.3. The van der Waals surface area contributed by atoms with Crippen molar-refractivity contribution in [3.05, 3.63) is 34.3 Å². The number of hydrogen-bond donors (Lipinski definition) is 0. The first-order chi connectivity index (χ1) is 12.4. The molecule has 0 aromatic heterocycles. The zero-order valence-corrected chi connectivity index (χ0v) is 16.3. The minimum Gasteiger partial charge on any atom is -0.467 e. The molecule has 2 aliphatic rings. The number of aryl methyl sites for hydroxylation is 1. The number of ether oxygens (including phenoxy) is 1. The van der Waals surface area contributed by atoms with Crippen molar-refractivity contribution in [1.82, 2.24) is 14.7 Å². The highest BCUT2D eigenvalue weighted by Gasteiger charge is 2.44. The predicted octanol–water partition coefficient (Wildman–Crippen LogP) is 2.52. The molecule has 2 saturated heterocycles. The number of benzene rings is 1. The molecule has 142 valence electrons. The van der Waals surface area contributed by atoms with Gasteiger partial charge in [-0.3, -0.25) is 4.90 Å². The Morgan fingerprint density at radius 1 is 1.31 bits per heavy atom. The van der Waals surface area contributed by atoms with Crippen LogP contribution in [0.25, 0.3) is 0 Å². The largest absolute Gasteiger partial charge is 0.467 e. The normalized spacial score (nSPS) is 22.2. The molecule has 0 radical (unpaired) electrons. The predicted molar refractivity (Wildman–Crippen MR) is 100 cm³/mol. The van der Waals surface area contributed by atoms with Crippen LogP contribution < -0.4 is 0 Å². The average Bonchev–Trinajstić information content (AvgIpc) is 2.93. The zero-order chi connectivity index (χ0) is 18.8. The first-order valence-electron chi connectivity index (χ1n) is 8.99. The number of likely N-dealkylation sites (tertiary alicyclic amines) is 1. The lowest BCUT2D eigenvalue weighted by Crippen LogP contribution is -2.51. The molecule has 2 amide bonds. The fourth-order valence-electron chi connectivity index (χ4n) is 3.91. The second-order valence-electron chi connectivity index (χ2n) is 7.20. The Morgan fingerprint density at radius 3 is 2.62 bits per heavy atom. The molecule has 2 aliphatic heterocycles. The summed E-state index contributed by atoms with van der Waals surface area (Å²) in [7, 11) is 3.11. The standard InChI is InChI=1S/C19H26ClN3O3/c1-13-10-14(4-5-16(13)20)11-22-8-6-15(7-9-22)23-17(18(24)26-3)12-21(2)19(23)25/h4-5,10,15,17H,6-9,11-12H2,1-3H3/t17-/m1/s1. The van der Waals surface area contributed by atoms with E-state index in [1.54, 1.807) is 16.8 Å². The Morgan fingerprint density at radius 2 is 2.00 bits per heavy atom. The van der Waals surface area contributed by atoms with Gasteiger partial charge in [0.05, 0.1) is 13.7 Å². The molecule has 1 atom stereocenters. The number of halogens is 1. The third-order valence-electron chi connectivity index (χ3n) is 5.38. The van der Waals surface area contributed by atoms with Gasteiger partial charge < -0.3 is 14.5 Å². The van der Waals surface area contributed by atoms with Gasteiger partial charge in [0.25, 0.3) is 0 Å². The van der Waals surface area contributed by atoms with E-state index >= 15 is 0 Å². The average molecular weight is 380 g/mol. The SMILES string of the molecule is COC(=O)[C@H]1CN(C)C(=O)N1C1CCN(Cc2ccc(Cl)c(C)c2)CC1. The van der Waals surface area contributed by atoms with Gasteiger partial charge >= 0.3 is 12.0 Å². The van der Waals surface area contributed by atoms with Gasteiger partial charge in [0, 0.05) is 37.7 Å². The lowest BCUT2D eigenvalue weighted by Gasteiger charge is -2.38. The lowest BCUT2D eigenvalue weighted by atomic mass is 10.0. The number of urea groups is 1. The van der Waals surface area contributed by atoms with Crippen LogP contribution in [0.1, 0.15) is 24.0 Å². The maximum atomic E-state index is 12.5. The maximum Gasteiger partial charge on any atom is 0.330 e. The first kappa shape index (κ1) is 19.0. The van der Waals surface area contributed by atoms with Crippen molar-refractivity contribution < 1.29 is 14.3 Å². The molecule has 0 bridgehead atoms. The lowest BCUT2D eigenvalue weighted by molar-refractivity contribution is -0.145. The van der Waals surface area contributed by atoms with Crippen molar-refractivity contribution >= 4 is 23.6 Å². The Bertz CT molecular complexity index is 689. The number of piperidine rings is 1. The molecule has 0 saturated carbocycles. The van der Waals surface area contributed by atoms with Crippen LogP contribution >= 0.6 is 11.6 Å². The number of esters is 1. The summed E-state index contributed by atoms with van der Waals surface area (Å²) in [5.41, 5.74) is 2.33. The fraction of sp³-hybridized carbons (Fsp3) is 0.579. The Balaban J connectivity index is 1.61. The first-order valence-corrected chi connectivity index (χ1v) is 9.37. The van der Waals surface area contributed by atoms with Crippen LogP contribution in [0.3, 0.4) is 0 Å². The van der Waals surface area contributed by atoms with E-state index < -0.39 is 6.04 Å². The molecule has 6 nitrogen and oxygen atoms in total. The highest BCUT2D eigenvalue weighted by Crippen LogP contribution is 2.26. The van der Waals surface area contributed by atoms with Gasteiger partial charge in [-0.25, -0.2) is 9.59 Å². The highest BCUT2D eigenvalue weighted by atomic mass is 35.5. The Hall–Kier alpha value is -1.79. The quantitative estimate of drug-likeness (QED) is 0.754. The second-order valence-corrected chi connectivity index (χ2v) is 7.61. The summed E-state index contributed by atoms with van der Waals surface area (Å²) in [6.07, 6.45) is 1.72. The van der Waals surface area contributed by atoms with E-state index in [2.05, 4.69) is 17.0 Å². The molecule has 2 fully saturated rings. The number of carbonyl (C=O) groups excluding carboxylic acids is 2. The summed E-state index contributed by atoms with van der Waals surface area (Å²) < 4.78 is 4.89. The fourth-order valence-corrected chi connectivity index (χ4v) is 4.03. The molecular weight excluding hydrogens is 354 g/mol. The number of hydrogen-bond acceptors (Lipinski definition) is 4. The summed E-state index contributed by atoms with van der Waals surface area (Å²) in [5, 5.41) is 0.790. The third-order valence-corrected chi connectivity index (χ3v) is 5.81.